The molecule has 0 aliphatic heterocycles. The van der Waals surface area contributed by atoms with Crippen molar-refractivity contribution in [1.29, 1.82) is 0 Å². The zero-order valence-corrected chi connectivity index (χ0v) is 20.7. The maximum Gasteiger partial charge on any atom is 0.352 e. The zero-order chi connectivity index (χ0) is 22.4. The lowest BCUT2D eigenvalue weighted by atomic mass is 10.1. The van der Waals surface area contributed by atoms with Gasteiger partial charge in [0, 0.05) is 10.0 Å². The minimum absolute atomic E-state index is 0.240. The third-order valence-corrected chi connectivity index (χ3v) is 5.85. The molecule has 0 fully saturated rings. The molecule has 2 N–H and O–H groups in total. The van der Waals surface area contributed by atoms with Gasteiger partial charge in [-0.1, -0.05) is 46.3 Å². The average molecular weight is 610 g/mol. The van der Waals surface area contributed by atoms with Gasteiger partial charge in [0.15, 0.2) is 0 Å². The van der Waals surface area contributed by atoms with Crippen LogP contribution in [0.2, 0.25) is 0 Å². The number of benzene rings is 3. The smallest absolute Gasteiger partial charge is 0.352 e. The topological polar surface area (TPSA) is 75.6 Å². The van der Waals surface area contributed by atoms with E-state index in [1.54, 1.807) is 42.5 Å². The van der Waals surface area contributed by atoms with Gasteiger partial charge in [-0.3, -0.25) is 4.79 Å². The van der Waals surface area contributed by atoms with Crippen molar-refractivity contribution in [2.45, 2.75) is 6.61 Å². The van der Waals surface area contributed by atoms with Crippen molar-refractivity contribution >= 4 is 65.7 Å². The van der Waals surface area contributed by atoms with Crippen LogP contribution in [0.25, 0.3) is 6.08 Å². The van der Waals surface area contributed by atoms with Crippen LogP contribution < -0.4 is 10.1 Å². The van der Waals surface area contributed by atoms with E-state index < -0.39 is 11.9 Å². The summed E-state index contributed by atoms with van der Waals surface area (Å²) in [5.41, 5.74) is 1.70. The molecule has 0 aliphatic carbocycles. The number of carboxylic acids is 1. The molecule has 0 aromatic heterocycles. The van der Waals surface area contributed by atoms with E-state index in [1.807, 2.05) is 24.3 Å². The second kappa shape index (κ2) is 10.7. The van der Waals surface area contributed by atoms with Gasteiger partial charge in [0.05, 0.1) is 8.95 Å². The number of hydrogen-bond donors (Lipinski definition) is 2. The Balaban J connectivity index is 1.79. The molecule has 158 valence electrons. The molecular formula is C23H16Br3NO4. The standard InChI is InChI=1S/C23H16Br3NO4/c24-17-8-6-14(7-9-17)13-31-21-18(25)10-15(11-19(21)26)12-20(23(29)30)27-22(28)16-4-2-1-3-5-16/h1-12H,13H2,(H,27,28)(H,29,30). The Morgan fingerprint density at radius 2 is 1.55 bits per heavy atom. The maximum atomic E-state index is 12.3. The molecule has 31 heavy (non-hydrogen) atoms. The highest BCUT2D eigenvalue weighted by molar-refractivity contribution is 9.11. The van der Waals surface area contributed by atoms with Crippen LogP contribution >= 0.6 is 47.8 Å². The number of carboxylic acid groups (broad SMARTS) is 1. The molecule has 0 bridgehead atoms. The summed E-state index contributed by atoms with van der Waals surface area (Å²) in [6.45, 7) is 0.368. The van der Waals surface area contributed by atoms with E-state index in [-0.39, 0.29) is 5.70 Å². The van der Waals surface area contributed by atoms with Crippen LogP contribution in [0.5, 0.6) is 5.75 Å². The van der Waals surface area contributed by atoms with Crippen LogP contribution in [0.1, 0.15) is 21.5 Å². The summed E-state index contributed by atoms with van der Waals surface area (Å²) in [5.74, 6) is -1.15. The summed E-state index contributed by atoms with van der Waals surface area (Å²) in [4.78, 5) is 24.0. The summed E-state index contributed by atoms with van der Waals surface area (Å²) in [6, 6.07) is 19.6. The van der Waals surface area contributed by atoms with Crippen LogP contribution in [0.3, 0.4) is 0 Å². The first-order valence-corrected chi connectivity index (χ1v) is 11.4. The van der Waals surface area contributed by atoms with Crippen molar-refractivity contribution in [3.63, 3.8) is 0 Å². The van der Waals surface area contributed by atoms with E-state index in [9.17, 15) is 14.7 Å². The SMILES string of the molecule is O=C(O)C(=Cc1cc(Br)c(OCc2ccc(Br)cc2)c(Br)c1)NC(=O)c1ccccc1. The summed E-state index contributed by atoms with van der Waals surface area (Å²) in [6.07, 6.45) is 1.39. The molecule has 0 aliphatic rings. The Morgan fingerprint density at radius 3 is 2.13 bits per heavy atom. The Morgan fingerprint density at radius 1 is 0.935 bits per heavy atom. The van der Waals surface area contributed by atoms with Gasteiger partial charge >= 0.3 is 5.97 Å². The minimum atomic E-state index is -1.24. The number of nitrogens with one attached hydrogen (secondary N) is 1. The average Bonchev–Trinajstić information content (AvgIpc) is 2.74. The summed E-state index contributed by atoms with van der Waals surface area (Å²) < 4.78 is 8.18. The van der Waals surface area contributed by atoms with Crippen LogP contribution in [0.15, 0.2) is 85.8 Å². The highest BCUT2D eigenvalue weighted by Gasteiger charge is 2.15. The fraction of sp³-hybridized carbons (Fsp3) is 0.0435. The number of ether oxygens (including phenoxy) is 1. The normalized spacial score (nSPS) is 11.1. The summed E-state index contributed by atoms with van der Waals surface area (Å²) >= 11 is 10.3. The molecule has 8 heteroatoms. The molecular weight excluding hydrogens is 594 g/mol. The first-order chi connectivity index (χ1) is 14.8. The van der Waals surface area contributed by atoms with E-state index in [0.29, 0.717) is 32.4 Å². The van der Waals surface area contributed by atoms with Crippen molar-refractivity contribution in [2.24, 2.45) is 0 Å². The third-order valence-electron chi connectivity index (χ3n) is 4.14. The molecule has 0 heterocycles. The number of amides is 1. The Bertz CT molecular complexity index is 1110. The largest absolute Gasteiger partial charge is 0.487 e. The number of rotatable bonds is 7. The fourth-order valence-electron chi connectivity index (χ4n) is 2.64. The molecule has 0 saturated carbocycles. The maximum absolute atomic E-state index is 12.3. The predicted octanol–water partition coefficient (Wildman–Crippen LogP) is 6.41. The van der Waals surface area contributed by atoms with E-state index in [2.05, 4.69) is 53.1 Å². The Labute approximate surface area is 204 Å². The summed E-state index contributed by atoms with van der Waals surface area (Å²) in [5, 5.41) is 12.0. The first-order valence-electron chi connectivity index (χ1n) is 9.01. The van der Waals surface area contributed by atoms with Gasteiger partial charge < -0.3 is 15.2 Å². The van der Waals surface area contributed by atoms with Crippen molar-refractivity contribution in [3.8, 4) is 5.75 Å². The molecule has 0 unspecified atom stereocenters. The zero-order valence-electron chi connectivity index (χ0n) is 15.9. The molecule has 0 atom stereocenters. The van der Waals surface area contributed by atoms with Gasteiger partial charge in [-0.05, 0) is 85.5 Å². The quantitative estimate of drug-likeness (QED) is 0.304. The second-order valence-electron chi connectivity index (χ2n) is 6.41. The Kier molecular flexibility index (Phi) is 8.06. The van der Waals surface area contributed by atoms with Crippen LogP contribution in [-0.2, 0) is 11.4 Å². The molecule has 0 spiro atoms. The van der Waals surface area contributed by atoms with Crippen LogP contribution in [-0.4, -0.2) is 17.0 Å². The third kappa shape index (κ3) is 6.53. The van der Waals surface area contributed by atoms with Crippen molar-refractivity contribution in [3.05, 3.63) is 103 Å². The summed E-state index contributed by atoms with van der Waals surface area (Å²) in [7, 11) is 0. The van der Waals surface area contributed by atoms with Crippen molar-refractivity contribution in [2.75, 3.05) is 0 Å². The highest BCUT2D eigenvalue weighted by atomic mass is 79.9. The van der Waals surface area contributed by atoms with E-state index >= 15 is 0 Å². The molecule has 0 saturated heterocycles. The minimum Gasteiger partial charge on any atom is -0.487 e. The molecule has 3 rings (SSSR count). The van der Waals surface area contributed by atoms with Gasteiger partial charge in [0.25, 0.3) is 5.91 Å². The van der Waals surface area contributed by atoms with E-state index in [1.165, 1.54) is 6.08 Å². The number of carbonyl (C=O) groups is 2. The lowest BCUT2D eigenvalue weighted by Gasteiger charge is -2.12. The number of halogens is 3. The molecule has 3 aromatic rings. The van der Waals surface area contributed by atoms with Gasteiger partial charge in [-0.2, -0.15) is 0 Å². The number of aliphatic carboxylic acids is 1. The fourth-order valence-corrected chi connectivity index (χ4v) is 4.35. The first kappa shape index (κ1) is 23.2. The number of hydrogen-bond acceptors (Lipinski definition) is 3. The van der Waals surface area contributed by atoms with E-state index in [0.717, 1.165) is 10.0 Å². The van der Waals surface area contributed by atoms with Crippen LogP contribution in [0, 0.1) is 0 Å². The van der Waals surface area contributed by atoms with Gasteiger partial charge in [-0.15, -0.1) is 0 Å². The number of carbonyl (C=O) groups excluding carboxylic acids is 1. The van der Waals surface area contributed by atoms with Gasteiger partial charge in [0.2, 0.25) is 0 Å². The monoisotopic (exact) mass is 607 g/mol. The second-order valence-corrected chi connectivity index (χ2v) is 9.04. The van der Waals surface area contributed by atoms with Gasteiger partial charge in [-0.25, -0.2) is 4.79 Å². The molecule has 1 amide bonds. The lowest BCUT2D eigenvalue weighted by Crippen LogP contribution is -2.27. The van der Waals surface area contributed by atoms with Gasteiger partial charge in [0.1, 0.15) is 18.1 Å². The molecule has 0 radical (unpaired) electrons. The predicted molar refractivity (Wildman–Crippen MR) is 130 cm³/mol. The van der Waals surface area contributed by atoms with Crippen LogP contribution in [0.4, 0.5) is 0 Å². The molecule has 3 aromatic carbocycles. The van der Waals surface area contributed by atoms with Crippen molar-refractivity contribution in [1.82, 2.24) is 5.32 Å². The van der Waals surface area contributed by atoms with E-state index in [4.69, 9.17) is 4.74 Å². The molecule has 5 nitrogen and oxygen atoms in total. The highest BCUT2D eigenvalue weighted by Crippen LogP contribution is 2.36. The van der Waals surface area contributed by atoms with Crippen molar-refractivity contribution < 1.29 is 19.4 Å². The lowest BCUT2D eigenvalue weighted by molar-refractivity contribution is -0.132. The Hall–Kier alpha value is -2.42.